The van der Waals surface area contributed by atoms with Gasteiger partial charge in [-0.25, -0.2) is 4.79 Å². The molecule has 0 aliphatic carbocycles. The molecule has 0 aliphatic rings. The van der Waals surface area contributed by atoms with E-state index in [9.17, 15) is 9.59 Å². The van der Waals surface area contributed by atoms with Gasteiger partial charge in [0.2, 0.25) is 0 Å². The number of carbonyl (C=O) groups is 2. The minimum atomic E-state index is -0.950. The van der Waals surface area contributed by atoms with Crippen molar-refractivity contribution in [3.05, 3.63) is 38.8 Å². The van der Waals surface area contributed by atoms with Crippen LogP contribution in [0.2, 0.25) is 0 Å². The van der Waals surface area contributed by atoms with Crippen LogP contribution >= 0.6 is 11.3 Å². The first-order valence-corrected chi connectivity index (χ1v) is 7.39. The van der Waals surface area contributed by atoms with Gasteiger partial charge in [0.05, 0.1) is 17.8 Å². The number of carboxylic acids is 1. The van der Waals surface area contributed by atoms with E-state index in [1.54, 1.807) is 16.8 Å². The SMILES string of the molecule is CCn1nc(C)c(C(=O)NCc2ccc(C(=O)O)s2)c1C. The Morgan fingerprint density at radius 3 is 2.62 bits per heavy atom. The first kappa shape index (κ1) is 15.2. The molecule has 0 fully saturated rings. The van der Waals surface area contributed by atoms with E-state index in [0.29, 0.717) is 24.3 Å². The van der Waals surface area contributed by atoms with Crippen LogP contribution in [0.3, 0.4) is 0 Å². The molecule has 6 nitrogen and oxygen atoms in total. The molecule has 0 bridgehead atoms. The van der Waals surface area contributed by atoms with Crippen LogP contribution in [-0.2, 0) is 13.1 Å². The highest BCUT2D eigenvalue weighted by Crippen LogP contribution is 2.17. The molecule has 0 atom stereocenters. The van der Waals surface area contributed by atoms with Crippen LogP contribution in [0.25, 0.3) is 0 Å². The molecule has 0 aliphatic heterocycles. The molecular formula is C14H17N3O3S. The van der Waals surface area contributed by atoms with Gasteiger partial charge in [-0.15, -0.1) is 11.3 Å². The third-order valence-corrected chi connectivity index (χ3v) is 4.28. The molecule has 2 aromatic rings. The molecule has 2 N–H and O–H groups in total. The lowest BCUT2D eigenvalue weighted by Crippen LogP contribution is -2.23. The quantitative estimate of drug-likeness (QED) is 0.887. The fraction of sp³-hybridized carbons (Fsp3) is 0.357. The fourth-order valence-corrected chi connectivity index (χ4v) is 2.96. The van der Waals surface area contributed by atoms with Crippen molar-refractivity contribution in [3.63, 3.8) is 0 Å². The van der Waals surface area contributed by atoms with Gasteiger partial charge in [-0.05, 0) is 32.9 Å². The van der Waals surface area contributed by atoms with E-state index >= 15 is 0 Å². The van der Waals surface area contributed by atoms with Gasteiger partial charge in [-0.2, -0.15) is 5.10 Å². The van der Waals surface area contributed by atoms with Gasteiger partial charge in [0.25, 0.3) is 5.91 Å². The van der Waals surface area contributed by atoms with Crippen LogP contribution in [0.15, 0.2) is 12.1 Å². The van der Waals surface area contributed by atoms with E-state index in [1.165, 1.54) is 0 Å². The Morgan fingerprint density at radius 2 is 2.10 bits per heavy atom. The van der Waals surface area contributed by atoms with Crippen molar-refractivity contribution in [2.24, 2.45) is 0 Å². The van der Waals surface area contributed by atoms with Crippen LogP contribution in [0.5, 0.6) is 0 Å². The number of thiophene rings is 1. The van der Waals surface area contributed by atoms with Crippen molar-refractivity contribution in [2.75, 3.05) is 0 Å². The predicted molar refractivity (Wildman–Crippen MR) is 79.8 cm³/mol. The second-order valence-corrected chi connectivity index (χ2v) is 5.78. The summed E-state index contributed by atoms with van der Waals surface area (Å²) in [4.78, 5) is 24.1. The molecule has 1 amide bonds. The molecule has 7 heteroatoms. The second-order valence-electron chi connectivity index (χ2n) is 4.62. The van der Waals surface area contributed by atoms with Gasteiger partial charge in [0.1, 0.15) is 4.88 Å². The van der Waals surface area contributed by atoms with Gasteiger partial charge in [-0.3, -0.25) is 9.48 Å². The summed E-state index contributed by atoms with van der Waals surface area (Å²) in [5.41, 5.74) is 2.13. The third-order valence-electron chi connectivity index (χ3n) is 3.20. The molecule has 0 saturated heterocycles. The first-order valence-electron chi connectivity index (χ1n) is 6.58. The molecule has 0 spiro atoms. The van der Waals surface area contributed by atoms with Crippen molar-refractivity contribution < 1.29 is 14.7 Å². The Morgan fingerprint density at radius 1 is 1.38 bits per heavy atom. The summed E-state index contributed by atoms with van der Waals surface area (Å²) in [5, 5.41) is 16.0. The van der Waals surface area contributed by atoms with Crippen molar-refractivity contribution in [2.45, 2.75) is 33.9 Å². The second kappa shape index (κ2) is 6.09. The van der Waals surface area contributed by atoms with E-state index in [4.69, 9.17) is 5.11 Å². The lowest BCUT2D eigenvalue weighted by atomic mass is 10.2. The minimum absolute atomic E-state index is 0.185. The van der Waals surface area contributed by atoms with Gasteiger partial charge in [0, 0.05) is 17.1 Å². The summed E-state index contributed by atoms with van der Waals surface area (Å²) >= 11 is 1.16. The van der Waals surface area contributed by atoms with Crippen LogP contribution in [0.4, 0.5) is 0 Å². The summed E-state index contributed by atoms with van der Waals surface area (Å²) in [6.07, 6.45) is 0. The Hall–Kier alpha value is -2.15. The number of aromatic nitrogens is 2. The Kier molecular flexibility index (Phi) is 4.42. The largest absolute Gasteiger partial charge is 0.477 e. The van der Waals surface area contributed by atoms with E-state index in [2.05, 4.69) is 10.4 Å². The lowest BCUT2D eigenvalue weighted by Gasteiger charge is -2.04. The number of amides is 1. The number of aromatic carboxylic acids is 1. The highest BCUT2D eigenvalue weighted by atomic mass is 32.1. The predicted octanol–water partition coefficient (Wildman–Crippen LogP) is 2.21. The number of carbonyl (C=O) groups excluding carboxylic acids is 1. The van der Waals surface area contributed by atoms with Crippen LogP contribution in [-0.4, -0.2) is 26.8 Å². The zero-order valence-corrected chi connectivity index (χ0v) is 13.0. The molecule has 2 rings (SSSR count). The smallest absolute Gasteiger partial charge is 0.345 e. The lowest BCUT2D eigenvalue weighted by molar-refractivity contribution is 0.0702. The molecule has 0 unspecified atom stereocenters. The third kappa shape index (κ3) is 3.13. The van der Waals surface area contributed by atoms with E-state index in [-0.39, 0.29) is 10.8 Å². The molecule has 0 aromatic carbocycles. The minimum Gasteiger partial charge on any atom is -0.477 e. The van der Waals surface area contributed by atoms with E-state index < -0.39 is 5.97 Å². The summed E-state index contributed by atoms with van der Waals surface area (Å²) in [7, 11) is 0. The van der Waals surface area contributed by atoms with Crippen molar-refractivity contribution >= 4 is 23.2 Å². The first-order chi connectivity index (χ1) is 9.93. The number of hydrogen-bond acceptors (Lipinski definition) is 4. The number of hydrogen-bond donors (Lipinski definition) is 2. The zero-order valence-electron chi connectivity index (χ0n) is 12.1. The molecule has 2 heterocycles. The fourth-order valence-electron chi connectivity index (χ4n) is 2.18. The Balaban J connectivity index is 2.08. The summed E-state index contributed by atoms with van der Waals surface area (Å²) < 4.78 is 1.79. The normalized spacial score (nSPS) is 10.6. The standard InChI is InChI=1S/C14H17N3O3S/c1-4-17-9(3)12(8(2)16-17)13(18)15-7-10-5-6-11(21-10)14(19)20/h5-6H,4,7H2,1-3H3,(H,15,18)(H,19,20). The van der Waals surface area contributed by atoms with Crippen molar-refractivity contribution in [1.82, 2.24) is 15.1 Å². The molecular weight excluding hydrogens is 290 g/mol. The maximum absolute atomic E-state index is 12.3. The number of aryl methyl sites for hydroxylation is 2. The van der Waals surface area contributed by atoms with Gasteiger partial charge in [0.15, 0.2) is 0 Å². The molecule has 112 valence electrons. The molecule has 0 radical (unpaired) electrons. The average molecular weight is 307 g/mol. The molecule has 0 saturated carbocycles. The maximum atomic E-state index is 12.3. The van der Waals surface area contributed by atoms with Gasteiger partial charge >= 0.3 is 5.97 Å². The Bertz CT molecular complexity index is 688. The van der Waals surface area contributed by atoms with E-state index in [0.717, 1.165) is 21.9 Å². The zero-order chi connectivity index (χ0) is 15.6. The summed E-state index contributed by atoms with van der Waals surface area (Å²) in [6.45, 7) is 6.67. The summed E-state index contributed by atoms with van der Waals surface area (Å²) in [6, 6.07) is 3.25. The summed E-state index contributed by atoms with van der Waals surface area (Å²) in [5.74, 6) is -1.14. The highest BCUT2D eigenvalue weighted by Gasteiger charge is 2.18. The van der Waals surface area contributed by atoms with Crippen LogP contribution in [0.1, 0.15) is 43.2 Å². The van der Waals surface area contributed by atoms with Gasteiger partial charge in [-0.1, -0.05) is 0 Å². The van der Waals surface area contributed by atoms with Crippen molar-refractivity contribution in [3.8, 4) is 0 Å². The number of nitrogens with one attached hydrogen (secondary N) is 1. The molecule has 2 aromatic heterocycles. The van der Waals surface area contributed by atoms with Crippen LogP contribution in [0, 0.1) is 13.8 Å². The maximum Gasteiger partial charge on any atom is 0.345 e. The topological polar surface area (TPSA) is 84.2 Å². The highest BCUT2D eigenvalue weighted by molar-refractivity contribution is 7.13. The van der Waals surface area contributed by atoms with Crippen molar-refractivity contribution in [1.29, 1.82) is 0 Å². The number of carboxylic acid groups (broad SMARTS) is 1. The number of rotatable bonds is 5. The van der Waals surface area contributed by atoms with E-state index in [1.807, 2.05) is 20.8 Å². The Labute approximate surface area is 126 Å². The monoisotopic (exact) mass is 307 g/mol. The molecule has 21 heavy (non-hydrogen) atoms. The van der Waals surface area contributed by atoms with Crippen LogP contribution < -0.4 is 5.32 Å². The van der Waals surface area contributed by atoms with Gasteiger partial charge < -0.3 is 10.4 Å². The number of nitrogens with zero attached hydrogens (tertiary/aromatic N) is 2. The average Bonchev–Trinajstić information content (AvgIpc) is 3.01.